The number of hydrazine groups is 1. The van der Waals surface area contributed by atoms with Crippen LogP contribution in [0.4, 0.5) is 0 Å². The Bertz CT molecular complexity index is 1080. The lowest BCUT2D eigenvalue weighted by molar-refractivity contribution is -0.145. The van der Waals surface area contributed by atoms with Gasteiger partial charge in [0, 0.05) is 5.56 Å². The topological polar surface area (TPSA) is 105 Å². The predicted octanol–water partition coefficient (Wildman–Crippen LogP) is 3.48. The van der Waals surface area contributed by atoms with Gasteiger partial charge in [0.1, 0.15) is 11.5 Å². The van der Waals surface area contributed by atoms with Gasteiger partial charge in [0.15, 0.2) is 10.4 Å². The third-order valence-electron chi connectivity index (χ3n) is 4.44. The lowest BCUT2D eigenvalue weighted by atomic mass is 10.2. The number of methoxy groups -OCH3 is 1. The zero-order chi connectivity index (χ0) is 23.3. The van der Waals surface area contributed by atoms with Gasteiger partial charge in [-0.25, -0.2) is 4.79 Å². The van der Waals surface area contributed by atoms with Crippen molar-refractivity contribution in [3.8, 4) is 11.5 Å². The average molecular weight is 473 g/mol. The Labute approximate surface area is 194 Å². The van der Waals surface area contributed by atoms with Gasteiger partial charge in [-0.05, 0) is 66.7 Å². The molecule has 0 aliphatic carbocycles. The van der Waals surface area contributed by atoms with E-state index in [0.29, 0.717) is 34.0 Å². The van der Waals surface area contributed by atoms with Gasteiger partial charge in [-0.2, -0.15) is 5.01 Å². The van der Waals surface area contributed by atoms with E-state index in [2.05, 4.69) is 5.43 Å². The highest BCUT2D eigenvalue weighted by molar-refractivity contribution is 8.26. The zero-order valence-corrected chi connectivity index (χ0v) is 18.9. The molecule has 2 N–H and O–H groups in total. The molecule has 1 saturated heterocycles. The summed E-state index contributed by atoms with van der Waals surface area (Å²) in [5, 5.41) is 10.2. The van der Waals surface area contributed by atoms with Crippen LogP contribution in [0.1, 0.15) is 29.3 Å². The predicted molar refractivity (Wildman–Crippen MR) is 124 cm³/mol. The minimum Gasteiger partial charge on any atom is -0.497 e. The second-order valence-electron chi connectivity index (χ2n) is 6.61. The van der Waals surface area contributed by atoms with Crippen LogP contribution in [0.5, 0.6) is 11.5 Å². The number of nitrogens with one attached hydrogen (secondary N) is 1. The smallest absolute Gasteiger partial charge is 0.344 e. The molecular weight excluding hydrogens is 452 g/mol. The van der Waals surface area contributed by atoms with Gasteiger partial charge in [0.2, 0.25) is 0 Å². The first-order valence-corrected chi connectivity index (χ1v) is 10.8. The average Bonchev–Trinajstić information content (AvgIpc) is 3.04. The molecule has 32 heavy (non-hydrogen) atoms. The monoisotopic (exact) mass is 472 g/mol. The number of thiocarbonyl (C=S) groups is 1. The van der Waals surface area contributed by atoms with E-state index in [1.165, 1.54) is 7.11 Å². The number of ether oxygens (including phenoxy) is 2. The maximum Gasteiger partial charge on any atom is 0.344 e. The molecule has 3 rings (SSSR count). The Hall–Kier alpha value is -3.37. The number of carbonyl (C=O) groups excluding carboxylic acids is 2. The van der Waals surface area contributed by atoms with Crippen LogP contribution in [0, 0.1) is 0 Å². The number of thioether (sulfide) groups is 1. The van der Waals surface area contributed by atoms with E-state index in [-0.39, 0.29) is 4.32 Å². The van der Waals surface area contributed by atoms with Gasteiger partial charge in [0.25, 0.3) is 11.8 Å². The molecule has 1 atom stereocenters. The Morgan fingerprint density at radius 3 is 2.56 bits per heavy atom. The first-order chi connectivity index (χ1) is 15.3. The summed E-state index contributed by atoms with van der Waals surface area (Å²) in [5.41, 5.74) is 3.49. The first kappa shape index (κ1) is 23.3. The molecule has 1 aliphatic rings. The number of nitrogens with zero attached hydrogens (tertiary/aromatic N) is 1. The third kappa shape index (κ3) is 5.45. The SMILES string of the molecule is CCC(Oc1cccc(/C=C2/SC(=S)N(NC(=O)c3ccc(OC)cc3)C2=O)c1)C(=O)O. The maximum atomic E-state index is 12.8. The van der Waals surface area contributed by atoms with Crippen molar-refractivity contribution < 1.29 is 29.0 Å². The van der Waals surface area contributed by atoms with E-state index < -0.39 is 23.9 Å². The van der Waals surface area contributed by atoms with Crippen molar-refractivity contribution in [3.05, 3.63) is 64.6 Å². The van der Waals surface area contributed by atoms with E-state index in [9.17, 15) is 14.4 Å². The Morgan fingerprint density at radius 1 is 1.22 bits per heavy atom. The molecule has 0 saturated carbocycles. The summed E-state index contributed by atoms with van der Waals surface area (Å²) in [6.07, 6.45) is 0.955. The number of carbonyl (C=O) groups is 3. The summed E-state index contributed by atoms with van der Waals surface area (Å²) in [6.45, 7) is 1.72. The summed E-state index contributed by atoms with van der Waals surface area (Å²) in [7, 11) is 1.53. The lowest BCUT2D eigenvalue weighted by Gasteiger charge is -2.15. The molecular formula is C22H20N2O6S2. The Kier molecular flexibility index (Phi) is 7.49. The van der Waals surface area contributed by atoms with Crippen LogP contribution >= 0.6 is 24.0 Å². The third-order valence-corrected chi connectivity index (χ3v) is 5.74. The fourth-order valence-corrected chi connectivity index (χ4v) is 3.95. The molecule has 0 aromatic heterocycles. The standard InChI is InChI=1S/C22H20N2O6S2/c1-3-17(21(27)28)30-16-6-4-5-13(11-16)12-18-20(26)24(22(31)32-18)23-19(25)14-7-9-15(29-2)10-8-14/h4-12,17H,3H2,1-2H3,(H,23,25)(H,27,28)/b18-12+. The van der Waals surface area contributed by atoms with Crippen LogP contribution < -0.4 is 14.9 Å². The molecule has 10 heteroatoms. The van der Waals surface area contributed by atoms with Gasteiger partial charge in [-0.1, -0.05) is 30.8 Å². The number of rotatable bonds is 8. The van der Waals surface area contributed by atoms with Crippen LogP contribution in [0.3, 0.4) is 0 Å². The highest BCUT2D eigenvalue weighted by Gasteiger charge is 2.33. The summed E-state index contributed by atoms with van der Waals surface area (Å²) in [4.78, 5) is 36.8. The van der Waals surface area contributed by atoms with Crippen LogP contribution in [0.2, 0.25) is 0 Å². The van der Waals surface area contributed by atoms with Crippen molar-refractivity contribution >= 4 is 52.2 Å². The molecule has 8 nitrogen and oxygen atoms in total. The van der Waals surface area contributed by atoms with Crippen molar-refractivity contribution in [2.45, 2.75) is 19.4 Å². The van der Waals surface area contributed by atoms with Gasteiger partial charge in [-0.15, -0.1) is 0 Å². The van der Waals surface area contributed by atoms with Gasteiger partial charge >= 0.3 is 5.97 Å². The van der Waals surface area contributed by atoms with Crippen molar-refractivity contribution in [1.29, 1.82) is 0 Å². The number of aliphatic carboxylic acids is 1. The van der Waals surface area contributed by atoms with Crippen molar-refractivity contribution in [3.63, 3.8) is 0 Å². The van der Waals surface area contributed by atoms with Crippen LogP contribution in [-0.2, 0) is 9.59 Å². The molecule has 166 valence electrons. The van der Waals surface area contributed by atoms with Crippen molar-refractivity contribution in [1.82, 2.24) is 10.4 Å². The molecule has 2 amide bonds. The number of hydrogen-bond donors (Lipinski definition) is 2. The summed E-state index contributed by atoms with van der Waals surface area (Å²) < 4.78 is 10.8. The van der Waals surface area contributed by atoms with Crippen molar-refractivity contribution in [2.75, 3.05) is 7.11 Å². The number of carboxylic acid groups (broad SMARTS) is 1. The van der Waals surface area contributed by atoms with E-state index in [4.69, 9.17) is 26.8 Å². The molecule has 0 radical (unpaired) electrons. The van der Waals surface area contributed by atoms with Crippen LogP contribution in [-0.4, -0.2) is 45.4 Å². The van der Waals surface area contributed by atoms with E-state index in [1.807, 2.05) is 0 Å². The van der Waals surface area contributed by atoms with Gasteiger partial charge in [0.05, 0.1) is 12.0 Å². The highest BCUT2D eigenvalue weighted by atomic mass is 32.2. The number of carboxylic acids is 1. The van der Waals surface area contributed by atoms with Gasteiger partial charge < -0.3 is 14.6 Å². The molecule has 0 bridgehead atoms. The number of hydrogen-bond acceptors (Lipinski definition) is 7. The second-order valence-corrected chi connectivity index (χ2v) is 8.29. The summed E-state index contributed by atoms with van der Waals surface area (Å²) >= 11 is 6.30. The maximum absolute atomic E-state index is 12.8. The van der Waals surface area contributed by atoms with E-state index in [0.717, 1.165) is 16.8 Å². The summed E-state index contributed by atoms with van der Waals surface area (Å²) in [6, 6.07) is 13.2. The summed E-state index contributed by atoms with van der Waals surface area (Å²) in [5.74, 6) is -1.03. The molecule has 2 aromatic carbocycles. The first-order valence-electron chi connectivity index (χ1n) is 9.55. The molecule has 1 aliphatic heterocycles. The number of amides is 2. The zero-order valence-electron chi connectivity index (χ0n) is 17.2. The highest BCUT2D eigenvalue weighted by Crippen LogP contribution is 2.32. The van der Waals surface area contributed by atoms with E-state index >= 15 is 0 Å². The molecule has 2 aromatic rings. The number of benzene rings is 2. The molecule has 1 unspecified atom stereocenters. The van der Waals surface area contributed by atoms with Crippen LogP contribution in [0.15, 0.2) is 53.4 Å². The Morgan fingerprint density at radius 2 is 1.94 bits per heavy atom. The van der Waals surface area contributed by atoms with Crippen molar-refractivity contribution in [2.24, 2.45) is 0 Å². The largest absolute Gasteiger partial charge is 0.497 e. The minimum absolute atomic E-state index is 0.187. The quantitative estimate of drug-likeness (QED) is 0.444. The van der Waals surface area contributed by atoms with E-state index in [1.54, 1.807) is 61.5 Å². The lowest BCUT2D eigenvalue weighted by Crippen LogP contribution is -2.44. The minimum atomic E-state index is -1.05. The van der Waals surface area contributed by atoms with Gasteiger partial charge in [-0.3, -0.25) is 15.0 Å². The Balaban J connectivity index is 1.73. The molecule has 1 heterocycles. The fraction of sp³-hybridized carbons (Fsp3) is 0.182. The van der Waals surface area contributed by atoms with Crippen LogP contribution in [0.25, 0.3) is 6.08 Å². The fourth-order valence-electron chi connectivity index (χ4n) is 2.77. The molecule has 0 spiro atoms. The normalized spacial score (nSPS) is 15.6. The second kappa shape index (κ2) is 10.3. The molecule has 1 fully saturated rings.